The second kappa shape index (κ2) is 6.03. The molecule has 0 atom stereocenters. The molecule has 1 saturated heterocycles. The number of nitrogens with one attached hydrogen (secondary N) is 2. The third-order valence-corrected chi connectivity index (χ3v) is 2.98. The summed E-state index contributed by atoms with van der Waals surface area (Å²) < 4.78 is 0. The molecule has 1 aromatic carbocycles. The van der Waals surface area contributed by atoms with Gasteiger partial charge in [-0.05, 0) is 38.1 Å². The van der Waals surface area contributed by atoms with Crippen molar-refractivity contribution in [2.24, 2.45) is 0 Å². The first-order valence-corrected chi connectivity index (χ1v) is 6.07. The maximum atomic E-state index is 12.0. The van der Waals surface area contributed by atoms with E-state index >= 15 is 0 Å². The molecule has 0 radical (unpaired) electrons. The van der Waals surface area contributed by atoms with Gasteiger partial charge in [-0.15, -0.1) is 0 Å². The van der Waals surface area contributed by atoms with Crippen molar-refractivity contribution in [3.8, 4) is 6.19 Å². The summed E-state index contributed by atoms with van der Waals surface area (Å²) in [5.41, 5.74) is 0.589. The molecule has 2 N–H and O–H groups in total. The molecule has 5 heteroatoms. The van der Waals surface area contributed by atoms with Crippen molar-refractivity contribution in [2.45, 2.75) is 18.9 Å². The molecule has 0 aliphatic carbocycles. The molecular weight excluding hydrogens is 228 g/mol. The van der Waals surface area contributed by atoms with Gasteiger partial charge in [0.05, 0.1) is 5.69 Å². The van der Waals surface area contributed by atoms with Gasteiger partial charge in [0, 0.05) is 6.04 Å². The number of hydrogen-bond donors (Lipinski definition) is 2. The largest absolute Gasteiger partial charge is 0.335 e. The molecule has 0 aromatic heterocycles. The van der Waals surface area contributed by atoms with Gasteiger partial charge in [0.1, 0.15) is 0 Å². The quantitative estimate of drug-likeness (QED) is 0.611. The van der Waals surface area contributed by atoms with Gasteiger partial charge in [-0.3, -0.25) is 0 Å². The van der Waals surface area contributed by atoms with Crippen LogP contribution in [-0.2, 0) is 0 Å². The average molecular weight is 244 g/mol. The van der Waals surface area contributed by atoms with Crippen LogP contribution in [0.4, 0.5) is 10.5 Å². The fraction of sp³-hybridized carbons (Fsp3) is 0.385. The summed E-state index contributed by atoms with van der Waals surface area (Å²) in [6.07, 6.45) is 3.72. The van der Waals surface area contributed by atoms with E-state index in [1.807, 2.05) is 12.3 Å². The lowest BCUT2D eigenvalue weighted by Crippen LogP contribution is -2.47. The van der Waals surface area contributed by atoms with Crippen LogP contribution in [0.1, 0.15) is 12.8 Å². The van der Waals surface area contributed by atoms with Gasteiger partial charge in [-0.2, -0.15) is 10.2 Å². The summed E-state index contributed by atoms with van der Waals surface area (Å²) in [6, 6.07) is 8.74. The summed E-state index contributed by atoms with van der Waals surface area (Å²) >= 11 is 0. The van der Waals surface area contributed by atoms with E-state index in [-0.39, 0.29) is 12.1 Å². The molecule has 18 heavy (non-hydrogen) atoms. The number of piperidine rings is 1. The number of para-hydroxylation sites is 1. The Hall–Kier alpha value is -2.06. The first-order chi connectivity index (χ1) is 8.81. The van der Waals surface area contributed by atoms with Crippen molar-refractivity contribution in [3.05, 3.63) is 30.3 Å². The Morgan fingerprint density at radius 3 is 2.61 bits per heavy atom. The predicted molar refractivity (Wildman–Crippen MR) is 69.0 cm³/mol. The minimum absolute atomic E-state index is 0.151. The number of urea groups is 1. The first kappa shape index (κ1) is 12.4. The highest BCUT2D eigenvalue weighted by Gasteiger charge is 2.20. The van der Waals surface area contributed by atoms with Crippen LogP contribution in [0.25, 0.3) is 0 Å². The van der Waals surface area contributed by atoms with E-state index in [1.54, 1.807) is 24.3 Å². The van der Waals surface area contributed by atoms with E-state index in [1.165, 1.54) is 0 Å². The highest BCUT2D eigenvalue weighted by Crippen LogP contribution is 2.13. The van der Waals surface area contributed by atoms with Crippen LogP contribution in [0.5, 0.6) is 0 Å². The van der Waals surface area contributed by atoms with E-state index in [0.717, 1.165) is 30.8 Å². The summed E-state index contributed by atoms with van der Waals surface area (Å²) in [5, 5.41) is 15.2. The van der Waals surface area contributed by atoms with Crippen LogP contribution in [0, 0.1) is 11.5 Å². The molecule has 5 nitrogen and oxygen atoms in total. The normalized spacial score (nSPS) is 15.7. The first-order valence-electron chi connectivity index (χ1n) is 6.07. The Labute approximate surface area is 106 Å². The minimum atomic E-state index is -0.351. The highest BCUT2D eigenvalue weighted by molar-refractivity contribution is 5.94. The molecule has 1 aliphatic heterocycles. The maximum Gasteiger partial charge on any atom is 0.335 e. The van der Waals surface area contributed by atoms with Gasteiger partial charge >= 0.3 is 6.03 Å². The minimum Gasteiger partial charge on any atom is -0.334 e. The number of benzene rings is 1. The van der Waals surface area contributed by atoms with Crippen molar-refractivity contribution < 1.29 is 4.79 Å². The van der Waals surface area contributed by atoms with Crippen LogP contribution in [0.15, 0.2) is 30.3 Å². The van der Waals surface area contributed by atoms with Crippen molar-refractivity contribution in [3.63, 3.8) is 0 Å². The van der Waals surface area contributed by atoms with Crippen molar-refractivity contribution in [1.29, 1.82) is 5.26 Å². The molecule has 1 heterocycles. The SMILES string of the molecule is N#CN(C(=O)NC1CCNCC1)c1ccccc1. The zero-order valence-electron chi connectivity index (χ0n) is 10.1. The van der Waals surface area contributed by atoms with Crippen LogP contribution in [0.2, 0.25) is 0 Å². The number of nitriles is 1. The number of rotatable bonds is 2. The van der Waals surface area contributed by atoms with E-state index in [9.17, 15) is 4.79 Å². The zero-order chi connectivity index (χ0) is 12.8. The number of nitrogens with zero attached hydrogens (tertiary/aromatic N) is 2. The number of hydrogen-bond acceptors (Lipinski definition) is 3. The molecule has 0 bridgehead atoms. The van der Waals surface area contributed by atoms with Gasteiger partial charge in [0.15, 0.2) is 6.19 Å². The molecule has 2 rings (SSSR count). The molecule has 2 amide bonds. The van der Waals surface area contributed by atoms with Gasteiger partial charge in [-0.25, -0.2) is 4.79 Å². The predicted octanol–water partition coefficient (Wildman–Crippen LogP) is 1.44. The molecule has 1 aliphatic rings. The summed E-state index contributed by atoms with van der Waals surface area (Å²) in [6.45, 7) is 1.81. The van der Waals surface area contributed by atoms with Crippen LogP contribution in [0.3, 0.4) is 0 Å². The van der Waals surface area contributed by atoms with E-state index in [4.69, 9.17) is 5.26 Å². The second-order valence-electron chi connectivity index (χ2n) is 4.24. The standard InChI is InChI=1S/C13H16N4O/c14-10-17(12-4-2-1-3-5-12)13(18)16-11-6-8-15-9-7-11/h1-5,11,15H,6-9H2,(H,16,18). The molecule has 0 spiro atoms. The Morgan fingerprint density at radius 1 is 1.33 bits per heavy atom. The van der Waals surface area contributed by atoms with Crippen LogP contribution in [-0.4, -0.2) is 25.2 Å². The third-order valence-electron chi connectivity index (χ3n) is 2.98. The lowest BCUT2D eigenvalue weighted by molar-refractivity contribution is 0.241. The lowest BCUT2D eigenvalue weighted by Gasteiger charge is -2.25. The van der Waals surface area contributed by atoms with Gasteiger partial charge < -0.3 is 10.6 Å². The average Bonchev–Trinajstić information content (AvgIpc) is 2.42. The second-order valence-corrected chi connectivity index (χ2v) is 4.24. The molecule has 0 saturated carbocycles. The molecule has 1 fully saturated rings. The number of carbonyl (C=O) groups excluding carboxylic acids is 1. The molecule has 0 unspecified atom stereocenters. The van der Waals surface area contributed by atoms with E-state index in [0.29, 0.717) is 5.69 Å². The summed E-state index contributed by atoms with van der Waals surface area (Å²) in [7, 11) is 0. The van der Waals surface area contributed by atoms with Crippen molar-refractivity contribution >= 4 is 11.7 Å². The molecule has 1 aromatic rings. The monoisotopic (exact) mass is 244 g/mol. The van der Waals surface area contributed by atoms with Crippen LogP contribution >= 0.6 is 0 Å². The van der Waals surface area contributed by atoms with Crippen molar-refractivity contribution in [1.82, 2.24) is 10.6 Å². The van der Waals surface area contributed by atoms with Crippen molar-refractivity contribution in [2.75, 3.05) is 18.0 Å². The topological polar surface area (TPSA) is 68.2 Å². The van der Waals surface area contributed by atoms with Gasteiger partial charge in [0.2, 0.25) is 0 Å². The van der Waals surface area contributed by atoms with Gasteiger partial charge in [0.25, 0.3) is 0 Å². The zero-order valence-corrected chi connectivity index (χ0v) is 10.1. The number of anilines is 1. The Balaban J connectivity index is 2.00. The summed E-state index contributed by atoms with van der Waals surface area (Å²) in [5.74, 6) is 0. The number of carbonyl (C=O) groups is 1. The van der Waals surface area contributed by atoms with Gasteiger partial charge in [-0.1, -0.05) is 18.2 Å². The van der Waals surface area contributed by atoms with E-state index in [2.05, 4.69) is 10.6 Å². The van der Waals surface area contributed by atoms with E-state index < -0.39 is 0 Å². The maximum absolute atomic E-state index is 12.0. The Morgan fingerprint density at radius 2 is 2.00 bits per heavy atom. The Kier molecular flexibility index (Phi) is 4.15. The van der Waals surface area contributed by atoms with Crippen LogP contribution < -0.4 is 15.5 Å². The fourth-order valence-corrected chi connectivity index (χ4v) is 2.00. The number of amides is 2. The lowest BCUT2D eigenvalue weighted by atomic mass is 10.1. The summed E-state index contributed by atoms with van der Waals surface area (Å²) in [4.78, 5) is 13.1. The molecular formula is C13H16N4O. The fourth-order valence-electron chi connectivity index (χ4n) is 2.00. The highest BCUT2D eigenvalue weighted by atomic mass is 16.2. The third kappa shape index (κ3) is 2.99. The Bertz CT molecular complexity index is 434. The molecule has 94 valence electrons. The smallest absolute Gasteiger partial charge is 0.334 e.